The van der Waals surface area contributed by atoms with Crippen LogP contribution in [0, 0.1) is 12.8 Å². The van der Waals surface area contributed by atoms with Crippen LogP contribution in [0.5, 0.6) is 0 Å². The summed E-state index contributed by atoms with van der Waals surface area (Å²) in [6.07, 6.45) is 1.80. The lowest BCUT2D eigenvalue weighted by Crippen LogP contribution is -2.13. The van der Waals surface area contributed by atoms with Crippen molar-refractivity contribution in [3.05, 3.63) is 34.3 Å². The van der Waals surface area contributed by atoms with Crippen LogP contribution in [0.25, 0.3) is 0 Å². The smallest absolute Gasteiger partial charge is 0.165 e. The van der Waals surface area contributed by atoms with Crippen molar-refractivity contribution in [2.75, 3.05) is 0 Å². The second-order valence-electron chi connectivity index (χ2n) is 3.84. The summed E-state index contributed by atoms with van der Waals surface area (Å²) in [6, 6.07) is 5.49. The number of carbonyl (C=O) groups is 1. The third-order valence-electron chi connectivity index (χ3n) is 2.80. The first-order valence-electron chi connectivity index (χ1n) is 5.40. The summed E-state index contributed by atoms with van der Waals surface area (Å²) >= 11 is 5.92. The maximum atomic E-state index is 12.0. The van der Waals surface area contributed by atoms with Gasteiger partial charge in [0.15, 0.2) is 5.78 Å². The number of rotatable bonds is 4. The topological polar surface area (TPSA) is 17.1 Å². The van der Waals surface area contributed by atoms with Gasteiger partial charge in [0.05, 0.1) is 0 Å². The Kier molecular flexibility index (Phi) is 4.34. The van der Waals surface area contributed by atoms with Crippen molar-refractivity contribution in [1.29, 1.82) is 0 Å². The molecule has 0 fully saturated rings. The fraction of sp³-hybridized carbons (Fsp3) is 0.462. The van der Waals surface area contributed by atoms with Gasteiger partial charge in [-0.3, -0.25) is 4.79 Å². The molecule has 0 aliphatic heterocycles. The SMILES string of the molecule is CCC(CC)C(=O)c1ccc(Cl)c(C)c1. The normalized spacial score (nSPS) is 10.7. The molecule has 0 atom stereocenters. The van der Waals surface area contributed by atoms with Gasteiger partial charge in [-0.2, -0.15) is 0 Å². The fourth-order valence-electron chi connectivity index (χ4n) is 1.69. The molecule has 1 nitrogen and oxygen atoms in total. The van der Waals surface area contributed by atoms with Gasteiger partial charge in [-0.15, -0.1) is 0 Å². The average Bonchev–Trinajstić information content (AvgIpc) is 2.23. The highest BCUT2D eigenvalue weighted by molar-refractivity contribution is 6.31. The Hall–Kier alpha value is -0.820. The minimum absolute atomic E-state index is 0.144. The van der Waals surface area contributed by atoms with Gasteiger partial charge in [0.1, 0.15) is 0 Å². The molecule has 0 radical (unpaired) electrons. The van der Waals surface area contributed by atoms with E-state index in [0.29, 0.717) is 0 Å². The number of ketones is 1. The molecule has 1 aromatic carbocycles. The van der Waals surface area contributed by atoms with Crippen molar-refractivity contribution in [3.8, 4) is 0 Å². The Morgan fingerprint density at radius 1 is 1.33 bits per heavy atom. The molecule has 1 aromatic rings. The molecule has 15 heavy (non-hydrogen) atoms. The van der Waals surface area contributed by atoms with Crippen molar-refractivity contribution in [2.24, 2.45) is 5.92 Å². The molecular weight excluding hydrogens is 208 g/mol. The van der Waals surface area contributed by atoms with Gasteiger partial charge >= 0.3 is 0 Å². The average molecular weight is 225 g/mol. The first-order valence-corrected chi connectivity index (χ1v) is 5.78. The molecule has 0 unspecified atom stereocenters. The minimum Gasteiger partial charge on any atom is -0.294 e. The Balaban J connectivity index is 2.96. The van der Waals surface area contributed by atoms with Gasteiger partial charge in [-0.1, -0.05) is 25.4 Å². The van der Waals surface area contributed by atoms with Crippen LogP contribution >= 0.6 is 11.6 Å². The van der Waals surface area contributed by atoms with Crippen LogP contribution in [-0.2, 0) is 0 Å². The zero-order valence-electron chi connectivity index (χ0n) is 9.51. The fourth-order valence-corrected chi connectivity index (χ4v) is 1.81. The number of halogens is 1. The summed E-state index contributed by atoms with van der Waals surface area (Å²) in [6.45, 7) is 6.02. The van der Waals surface area contributed by atoms with E-state index >= 15 is 0 Å². The molecule has 2 heteroatoms. The second-order valence-corrected chi connectivity index (χ2v) is 4.25. The van der Waals surface area contributed by atoms with Crippen LogP contribution in [0.15, 0.2) is 18.2 Å². The lowest BCUT2D eigenvalue weighted by Gasteiger charge is -2.11. The maximum Gasteiger partial charge on any atom is 0.165 e. The van der Waals surface area contributed by atoms with E-state index in [9.17, 15) is 4.79 Å². The summed E-state index contributed by atoms with van der Waals surface area (Å²) in [7, 11) is 0. The highest BCUT2D eigenvalue weighted by Crippen LogP contribution is 2.20. The third-order valence-corrected chi connectivity index (χ3v) is 3.22. The van der Waals surface area contributed by atoms with Crippen molar-refractivity contribution in [2.45, 2.75) is 33.6 Å². The number of carbonyl (C=O) groups excluding carboxylic acids is 1. The number of benzene rings is 1. The van der Waals surface area contributed by atoms with Gasteiger partial charge in [-0.25, -0.2) is 0 Å². The van der Waals surface area contributed by atoms with E-state index in [0.717, 1.165) is 29.0 Å². The van der Waals surface area contributed by atoms with E-state index in [4.69, 9.17) is 11.6 Å². The van der Waals surface area contributed by atoms with E-state index in [2.05, 4.69) is 13.8 Å². The van der Waals surface area contributed by atoms with Crippen molar-refractivity contribution in [3.63, 3.8) is 0 Å². The molecule has 82 valence electrons. The van der Waals surface area contributed by atoms with E-state index in [1.165, 1.54) is 0 Å². The molecule has 0 aliphatic rings. The molecule has 0 spiro atoms. The molecular formula is C13H17ClO. The van der Waals surface area contributed by atoms with Crippen molar-refractivity contribution < 1.29 is 4.79 Å². The summed E-state index contributed by atoms with van der Waals surface area (Å²) in [5, 5.41) is 0.719. The van der Waals surface area contributed by atoms with E-state index in [1.807, 2.05) is 19.1 Å². The van der Waals surface area contributed by atoms with E-state index in [1.54, 1.807) is 6.07 Å². The summed E-state index contributed by atoms with van der Waals surface area (Å²) in [4.78, 5) is 12.0. The van der Waals surface area contributed by atoms with Crippen LogP contribution in [0.3, 0.4) is 0 Å². The van der Waals surface area contributed by atoms with Crippen LogP contribution < -0.4 is 0 Å². The first kappa shape index (κ1) is 12.3. The van der Waals surface area contributed by atoms with Crippen LogP contribution in [-0.4, -0.2) is 5.78 Å². The molecule has 0 amide bonds. The number of Topliss-reactive ketones (excluding diaryl/α,β-unsaturated/α-hetero) is 1. The Labute approximate surface area is 96.5 Å². The monoisotopic (exact) mass is 224 g/mol. The van der Waals surface area contributed by atoms with E-state index in [-0.39, 0.29) is 11.7 Å². The Morgan fingerprint density at radius 2 is 1.93 bits per heavy atom. The summed E-state index contributed by atoms with van der Waals surface area (Å²) in [5.41, 5.74) is 1.75. The standard InChI is InChI=1S/C13H17ClO/c1-4-10(5-2)13(15)11-6-7-12(14)9(3)8-11/h6-8,10H,4-5H2,1-3H3. The molecule has 0 N–H and O–H groups in total. The number of aryl methyl sites for hydroxylation is 1. The lowest BCUT2D eigenvalue weighted by molar-refractivity contribution is 0.0913. The van der Waals surface area contributed by atoms with Gasteiger partial charge in [0.2, 0.25) is 0 Å². The first-order chi connectivity index (χ1) is 7.10. The number of hydrogen-bond acceptors (Lipinski definition) is 1. The quantitative estimate of drug-likeness (QED) is 0.699. The summed E-state index contributed by atoms with van der Waals surface area (Å²) in [5.74, 6) is 0.380. The van der Waals surface area contributed by atoms with E-state index < -0.39 is 0 Å². The highest BCUT2D eigenvalue weighted by Gasteiger charge is 2.16. The zero-order valence-corrected chi connectivity index (χ0v) is 10.3. The van der Waals surface area contributed by atoms with Gasteiger partial charge in [0.25, 0.3) is 0 Å². The number of hydrogen-bond donors (Lipinski definition) is 0. The predicted octanol–water partition coefficient (Wildman–Crippen LogP) is 4.27. The molecule has 0 aliphatic carbocycles. The lowest BCUT2D eigenvalue weighted by atomic mass is 9.92. The van der Waals surface area contributed by atoms with Crippen LogP contribution in [0.2, 0.25) is 5.02 Å². The zero-order chi connectivity index (χ0) is 11.4. The summed E-state index contributed by atoms with van der Waals surface area (Å²) < 4.78 is 0. The third kappa shape index (κ3) is 2.82. The van der Waals surface area contributed by atoms with Crippen molar-refractivity contribution in [1.82, 2.24) is 0 Å². The highest BCUT2D eigenvalue weighted by atomic mass is 35.5. The maximum absolute atomic E-state index is 12.0. The molecule has 1 rings (SSSR count). The predicted molar refractivity (Wildman–Crippen MR) is 64.6 cm³/mol. The van der Waals surface area contributed by atoms with Gasteiger partial charge < -0.3 is 0 Å². The molecule has 0 saturated carbocycles. The Bertz CT molecular complexity index is 354. The van der Waals surface area contributed by atoms with Gasteiger partial charge in [0, 0.05) is 16.5 Å². The minimum atomic E-state index is 0.144. The largest absolute Gasteiger partial charge is 0.294 e. The molecule has 0 bridgehead atoms. The Morgan fingerprint density at radius 3 is 2.40 bits per heavy atom. The second kappa shape index (κ2) is 5.32. The van der Waals surface area contributed by atoms with Crippen LogP contribution in [0.1, 0.15) is 42.6 Å². The van der Waals surface area contributed by atoms with Crippen LogP contribution in [0.4, 0.5) is 0 Å². The molecule has 0 heterocycles. The van der Waals surface area contributed by atoms with Gasteiger partial charge in [-0.05, 0) is 43.5 Å². The van der Waals surface area contributed by atoms with Crippen molar-refractivity contribution >= 4 is 17.4 Å². The molecule has 0 saturated heterocycles. The molecule has 0 aromatic heterocycles.